The van der Waals surface area contributed by atoms with Crippen LogP contribution in [-0.2, 0) is 4.74 Å². The molecule has 5 heteroatoms. The molecule has 0 aliphatic rings. The molecule has 0 saturated carbocycles. The van der Waals surface area contributed by atoms with Crippen LogP contribution in [0.5, 0.6) is 5.88 Å². The first-order chi connectivity index (χ1) is 7.61. The van der Waals surface area contributed by atoms with Crippen LogP contribution in [0, 0.1) is 0 Å². The van der Waals surface area contributed by atoms with Crippen LogP contribution in [0.2, 0.25) is 0 Å². The summed E-state index contributed by atoms with van der Waals surface area (Å²) in [4.78, 5) is 8.12. The molecule has 0 fully saturated rings. The van der Waals surface area contributed by atoms with Gasteiger partial charge in [0.25, 0.3) is 0 Å². The second-order valence-electron chi connectivity index (χ2n) is 3.84. The number of rotatable bonds is 6. The predicted octanol–water partition coefficient (Wildman–Crippen LogP) is 1.71. The van der Waals surface area contributed by atoms with Crippen LogP contribution in [0.1, 0.15) is 20.8 Å². The van der Waals surface area contributed by atoms with Crippen LogP contribution in [0.4, 0.5) is 5.82 Å². The number of hydrogen-bond donors (Lipinski definition) is 1. The monoisotopic (exact) mass is 225 g/mol. The molecule has 1 atom stereocenters. The number of nitrogens with zero attached hydrogens (tertiary/aromatic N) is 2. The Bertz CT molecular complexity index is 318. The lowest BCUT2D eigenvalue weighted by atomic mass is 10.4. The van der Waals surface area contributed by atoms with E-state index in [0.29, 0.717) is 12.4 Å². The van der Waals surface area contributed by atoms with E-state index in [9.17, 15) is 0 Å². The fourth-order valence-corrected chi connectivity index (χ4v) is 1.07. The van der Waals surface area contributed by atoms with Crippen molar-refractivity contribution in [1.82, 2.24) is 9.97 Å². The summed E-state index contributed by atoms with van der Waals surface area (Å²) >= 11 is 0. The highest BCUT2D eigenvalue weighted by molar-refractivity contribution is 5.37. The van der Waals surface area contributed by atoms with Gasteiger partial charge in [-0.15, -0.1) is 0 Å². The second kappa shape index (κ2) is 6.27. The van der Waals surface area contributed by atoms with E-state index in [1.807, 2.05) is 20.8 Å². The molecule has 1 N–H and O–H groups in total. The summed E-state index contributed by atoms with van der Waals surface area (Å²) in [5.41, 5.74) is 0. The summed E-state index contributed by atoms with van der Waals surface area (Å²) in [5.74, 6) is 1.33. The van der Waals surface area contributed by atoms with E-state index in [1.165, 1.54) is 6.33 Å². The van der Waals surface area contributed by atoms with E-state index in [2.05, 4.69) is 15.3 Å². The van der Waals surface area contributed by atoms with Crippen LogP contribution >= 0.6 is 0 Å². The summed E-state index contributed by atoms with van der Waals surface area (Å²) in [6, 6.07) is 1.78. The van der Waals surface area contributed by atoms with Gasteiger partial charge in [-0.05, 0) is 20.8 Å². The van der Waals surface area contributed by atoms with Crippen LogP contribution in [0.3, 0.4) is 0 Å². The molecule has 90 valence electrons. The molecule has 0 amide bonds. The maximum Gasteiger partial charge on any atom is 0.218 e. The van der Waals surface area contributed by atoms with Crippen molar-refractivity contribution in [3.05, 3.63) is 12.4 Å². The Morgan fingerprint density at radius 3 is 2.69 bits per heavy atom. The van der Waals surface area contributed by atoms with Crippen LogP contribution in [0.15, 0.2) is 12.4 Å². The van der Waals surface area contributed by atoms with E-state index in [-0.39, 0.29) is 12.2 Å². The average Bonchev–Trinajstić information content (AvgIpc) is 2.25. The number of aromatic nitrogens is 2. The zero-order chi connectivity index (χ0) is 12.0. The van der Waals surface area contributed by atoms with E-state index >= 15 is 0 Å². The molecule has 1 heterocycles. The molecule has 1 aromatic rings. The van der Waals surface area contributed by atoms with Crippen LogP contribution < -0.4 is 10.1 Å². The Balaban J connectivity index is 2.53. The Labute approximate surface area is 96.2 Å². The van der Waals surface area contributed by atoms with E-state index in [1.54, 1.807) is 13.2 Å². The van der Waals surface area contributed by atoms with Gasteiger partial charge in [0.05, 0.1) is 12.2 Å². The van der Waals surface area contributed by atoms with E-state index in [0.717, 1.165) is 5.82 Å². The molecule has 16 heavy (non-hydrogen) atoms. The Morgan fingerprint density at radius 1 is 1.31 bits per heavy atom. The molecule has 0 aliphatic carbocycles. The van der Waals surface area contributed by atoms with E-state index in [4.69, 9.17) is 9.47 Å². The topological polar surface area (TPSA) is 56.3 Å². The minimum absolute atomic E-state index is 0.112. The third kappa shape index (κ3) is 4.44. The quantitative estimate of drug-likeness (QED) is 0.798. The Hall–Kier alpha value is -1.36. The first-order valence-electron chi connectivity index (χ1n) is 5.37. The van der Waals surface area contributed by atoms with Gasteiger partial charge in [0, 0.05) is 19.7 Å². The van der Waals surface area contributed by atoms with Crippen molar-refractivity contribution in [3.63, 3.8) is 0 Å². The zero-order valence-electron chi connectivity index (χ0n) is 10.2. The second-order valence-corrected chi connectivity index (χ2v) is 3.84. The van der Waals surface area contributed by atoms with Gasteiger partial charge < -0.3 is 14.8 Å². The molecule has 0 spiro atoms. The maximum atomic E-state index is 5.47. The van der Waals surface area contributed by atoms with Gasteiger partial charge >= 0.3 is 0 Å². The summed E-state index contributed by atoms with van der Waals surface area (Å²) in [6.45, 7) is 6.61. The van der Waals surface area contributed by atoms with Gasteiger partial charge in [-0.1, -0.05) is 0 Å². The number of anilines is 1. The van der Waals surface area contributed by atoms with Crippen molar-refractivity contribution < 1.29 is 9.47 Å². The fraction of sp³-hybridized carbons (Fsp3) is 0.636. The lowest BCUT2D eigenvalue weighted by molar-refractivity contribution is 0.128. The minimum Gasteiger partial charge on any atom is -0.475 e. The SMILES string of the molecule is COC(C)CNc1cc(OC(C)C)ncn1. The maximum absolute atomic E-state index is 5.47. The average molecular weight is 225 g/mol. The van der Waals surface area contributed by atoms with Gasteiger partial charge in [-0.3, -0.25) is 0 Å². The molecule has 0 bridgehead atoms. The summed E-state index contributed by atoms with van der Waals surface area (Å²) in [6.07, 6.45) is 1.74. The van der Waals surface area contributed by atoms with E-state index < -0.39 is 0 Å². The van der Waals surface area contributed by atoms with Crippen molar-refractivity contribution in [2.75, 3.05) is 19.0 Å². The predicted molar refractivity (Wildman–Crippen MR) is 62.8 cm³/mol. The lowest BCUT2D eigenvalue weighted by Crippen LogP contribution is -2.18. The first kappa shape index (κ1) is 12.7. The van der Waals surface area contributed by atoms with Gasteiger partial charge in [-0.2, -0.15) is 0 Å². The molecular formula is C11H19N3O2. The Kier molecular flexibility index (Phi) is 4.98. The lowest BCUT2D eigenvalue weighted by Gasteiger charge is -2.12. The molecule has 1 rings (SSSR count). The number of hydrogen-bond acceptors (Lipinski definition) is 5. The number of ether oxygens (including phenoxy) is 2. The van der Waals surface area contributed by atoms with Crippen molar-refractivity contribution in [3.8, 4) is 5.88 Å². The van der Waals surface area contributed by atoms with Crippen molar-refractivity contribution in [2.45, 2.75) is 33.0 Å². The summed E-state index contributed by atoms with van der Waals surface area (Å²) in [5, 5.41) is 3.15. The number of nitrogens with one attached hydrogen (secondary N) is 1. The Morgan fingerprint density at radius 2 is 2.06 bits per heavy atom. The van der Waals surface area contributed by atoms with Gasteiger partial charge in [-0.25, -0.2) is 9.97 Å². The highest BCUT2D eigenvalue weighted by Crippen LogP contribution is 2.12. The van der Waals surface area contributed by atoms with Gasteiger partial charge in [0.1, 0.15) is 12.1 Å². The standard InChI is InChI=1S/C11H19N3O2/c1-8(2)16-11-5-10(13-7-14-11)12-6-9(3)15-4/h5,7-9H,6H2,1-4H3,(H,12,13,14). The van der Waals surface area contributed by atoms with Crippen LogP contribution in [0.25, 0.3) is 0 Å². The fourth-order valence-electron chi connectivity index (χ4n) is 1.07. The normalized spacial score (nSPS) is 12.6. The van der Waals surface area contributed by atoms with Crippen LogP contribution in [-0.4, -0.2) is 35.8 Å². The van der Waals surface area contributed by atoms with Crippen molar-refractivity contribution >= 4 is 5.82 Å². The van der Waals surface area contributed by atoms with Crippen molar-refractivity contribution in [2.24, 2.45) is 0 Å². The molecular weight excluding hydrogens is 206 g/mol. The largest absolute Gasteiger partial charge is 0.475 e. The molecule has 1 aromatic heterocycles. The highest BCUT2D eigenvalue weighted by Gasteiger charge is 2.03. The molecule has 0 aliphatic heterocycles. The first-order valence-corrected chi connectivity index (χ1v) is 5.37. The molecule has 1 unspecified atom stereocenters. The smallest absolute Gasteiger partial charge is 0.218 e. The molecule has 0 radical (unpaired) electrons. The van der Waals surface area contributed by atoms with Gasteiger partial charge in [0.15, 0.2) is 0 Å². The zero-order valence-corrected chi connectivity index (χ0v) is 10.2. The molecule has 0 saturated heterocycles. The molecule has 5 nitrogen and oxygen atoms in total. The van der Waals surface area contributed by atoms with Gasteiger partial charge in [0.2, 0.25) is 5.88 Å². The third-order valence-electron chi connectivity index (χ3n) is 1.97. The number of methoxy groups -OCH3 is 1. The highest BCUT2D eigenvalue weighted by atomic mass is 16.5. The molecule has 0 aromatic carbocycles. The summed E-state index contributed by atoms with van der Waals surface area (Å²) < 4.78 is 10.6. The summed E-state index contributed by atoms with van der Waals surface area (Å²) in [7, 11) is 1.68. The van der Waals surface area contributed by atoms with Crippen molar-refractivity contribution in [1.29, 1.82) is 0 Å². The minimum atomic E-state index is 0.112. The third-order valence-corrected chi connectivity index (χ3v) is 1.97.